The maximum Gasteiger partial charge on any atom is 0.195 e. The third-order valence-electron chi connectivity index (χ3n) is 3.78. The van der Waals surface area contributed by atoms with Gasteiger partial charge >= 0.3 is 0 Å². The summed E-state index contributed by atoms with van der Waals surface area (Å²) in [6.07, 6.45) is 8.06. The van der Waals surface area contributed by atoms with Gasteiger partial charge in [-0.1, -0.05) is 6.08 Å². The number of benzene rings is 2. The summed E-state index contributed by atoms with van der Waals surface area (Å²) in [6, 6.07) is 11.8. The second kappa shape index (κ2) is 6.97. The standard InChI is InChI=1S/C20H19N3O2/c21-14-2-1-3-16(10-6-14)25-17-8-4-13(5-9-17)20(24)18-12-15(22)7-11-19(18)23/h1-5,7-12H,6,21-23H2. The van der Waals surface area contributed by atoms with Crippen LogP contribution < -0.4 is 21.9 Å². The second-order valence-corrected chi connectivity index (χ2v) is 5.71. The Kier molecular flexibility index (Phi) is 4.57. The van der Waals surface area contributed by atoms with Crippen LogP contribution in [0.3, 0.4) is 0 Å². The molecule has 0 saturated carbocycles. The van der Waals surface area contributed by atoms with Gasteiger partial charge in [-0.3, -0.25) is 4.79 Å². The lowest BCUT2D eigenvalue weighted by atomic mass is 10.0. The maximum absolute atomic E-state index is 12.6. The Bertz CT molecular complexity index is 894. The van der Waals surface area contributed by atoms with Crippen LogP contribution in [0.15, 0.2) is 78.2 Å². The molecule has 6 N–H and O–H groups in total. The van der Waals surface area contributed by atoms with Gasteiger partial charge in [0.05, 0.1) is 0 Å². The van der Waals surface area contributed by atoms with Gasteiger partial charge in [-0.2, -0.15) is 0 Å². The zero-order chi connectivity index (χ0) is 17.8. The van der Waals surface area contributed by atoms with Gasteiger partial charge in [0.1, 0.15) is 11.5 Å². The summed E-state index contributed by atoms with van der Waals surface area (Å²) in [6.45, 7) is 0. The molecule has 0 amide bonds. The van der Waals surface area contributed by atoms with E-state index in [0.717, 1.165) is 5.70 Å². The average molecular weight is 333 g/mol. The molecule has 3 rings (SSSR count). The van der Waals surface area contributed by atoms with Crippen LogP contribution in [0.4, 0.5) is 11.4 Å². The molecule has 5 nitrogen and oxygen atoms in total. The molecule has 0 saturated heterocycles. The molecule has 5 heteroatoms. The van der Waals surface area contributed by atoms with Crippen molar-refractivity contribution < 1.29 is 9.53 Å². The predicted molar refractivity (Wildman–Crippen MR) is 99.9 cm³/mol. The van der Waals surface area contributed by atoms with Crippen LogP contribution in [0, 0.1) is 0 Å². The minimum atomic E-state index is -0.179. The monoisotopic (exact) mass is 333 g/mol. The fraction of sp³-hybridized carbons (Fsp3) is 0.0500. The Morgan fingerprint density at radius 2 is 1.76 bits per heavy atom. The van der Waals surface area contributed by atoms with Crippen molar-refractivity contribution in [1.29, 1.82) is 0 Å². The number of carbonyl (C=O) groups is 1. The Hall–Kier alpha value is -3.47. The SMILES string of the molecule is NC1=CC=CC(Oc2ccc(C(=O)c3cc(N)ccc3N)cc2)=CC1. The molecule has 0 radical (unpaired) electrons. The quantitative estimate of drug-likeness (QED) is 0.589. The highest BCUT2D eigenvalue weighted by Crippen LogP contribution is 2.22. The average Bonchev–Trinajstić information content (AvgIpc) is 2.81. The second-order valence-electron chi connectivity index (χ2n) is 5.71. The molecular weight excluding hydrogens is 314 g/mol. The molecular formula is C20H19N3O2. The lowest BCUT2D eigenvalue weighted by molar-refractivity contribution is 0.103. The number of anilines is 2. The zero-order valence-electron chi connectivity index (χ0n) is 13.6. The highest BCUT2D eigenvalue weighted by atomic mass is 16.5. The molecule has 0 fully saturated rings. The molecule has 0 bridgehead atoms. The van der Waals surface area contributed by atoms with Gasteiger partial charge in [0, 0.05) is 34.6 Å². The lowest BCUT2D eigenvalue weighted by Gasteiger charge is -2.09. The fourth-order valence-electron chi connectivity index (χ4n) is 2.43. The topological polar surface area (TPSA) is 104 Å². The summed E-state index contributed by atoms with van der Waals surface area (Å²) in [5.41, 5.74) is 20.0. The number of hydrogen-bond donors (Lipinski definition) is 3. The van der Waals surface area contributed by atoms with Gasteiger partial charge in [-0.05, 0) is 60.7 Å². The number of nitrogen functional groups attached to an aromatic ring is 2. The van der Waals surface area contributed by atoms with E-state index in [0.29, 0.717) is 40.4 Å². The molecule has 25 heavy (non-hydrogen) atoms. The van der Waals surface area contributed by atoms with Gasteiger partial charge in [0.15, 0.2) is 5.78 Å². The highest BCUT2D eigenvalue weighted by Gasteiger charge is 2.13. The van der Waals surface area contributed by atoms with E-state index in [2.05, 4.69) is 0 Å². The van der Waals surface area contributed by atoms with Gasteiger partial charge < -0.3 is 21.9 Å². The molecule has 2 aromatic rings. The molecule has 0 atom stereocenters. The number of allylic oxidation sites excluding steroid dienone is 4. The Labute approximate surface area is 146 Å². The lowest BCUT2D eigenvalue weighted by Crippen LogP contribution is -2.06. The van der Waals surface area contributed by atoms with Crippen molar-refractivity contribution in [2.24, 2.45) is 5.73 Å². The molecule has 1 aliphatic carbocycles. The minimum absolute atomic E-state index is 0.179. The van der Waals surface area contributed by atoms with Crippen LogP contribution in [0.2, 0.25) is 0 Å². The molecule has 0 unspecified atom stereocenters. The first kappa shape index (κ1) is 16.4. The maximum atomic E-state index is 12.6. The minimum Gasteiger partial charge on any atom is -0.458 e. The van der Waals surface area contributed by atoms with Gasteiger partial charge in [0.2, 0.25) is 0 Å². The summed E-state index contributed by atoms with van der Waals surface area (Å²) >= 11 is 0. The summed E-state index contributed by atoms with van der Waals surface area (Å²) in [5, 5.41) is 0. The Morgan fingerprint density at radius 3 is 2.52 bits per heavy atom. The third kappa shape index (κ3) is 3.90. The number of hydrogen-bond acceptors (Lipinski definition) is 5. The molecule has 0 spiro atoms. The predicted octanol–water partition coefficient (Wildman–Crippen LogP) is 3.15. The first-order chi connectivity index (χ1) is 12.0. The fourth-order valence-corrected chi connectivity index (χ4v) is 2.43. The normalized spacial score (nSPS) is 13.6. The Balaban J connectivity index is 1.76. The first-order valence-electron chi connectivity index (χ1n) is 7.83. The van der Waals surface area contributed by atoms with Crippen molar-refractivity contribution >= 4 is 17.2 Å². The number of rotatable bonds is 4. The summed E-state index contributed by atoms with van der Waals surface area (Å²) in [4.78, 5) is 12.6. The number of ketones is 1. The van der Waals surface area contributed by atoms with E-state index in [1.807, 2.05) is 24.3 Å². The van der Waals surface area contributed by atoms with Crippen molar-refractivity contribution in [3.05, 3.63) is 89.4 Å². The molecule has 0 aromatic heterocycles. The van der Waals surface area contributed by atoms with Gasteiger partial charge in [0.25, 0.3) is 0 Å². The Morgan fingerprint density at radius 1 is 1.00 bits per heavy atom. The molecule has 0 heterocycles. The van der Waals surface area contributed by atoms with E-state index in [4.69, 9.17) is 21.9 Å². The highest BCUT2D eigenvalue weighted by molar-refractivity contribution is 6.12. The van der Waals surface area contributed by atoms with Crippen LogP contribution in [-0.2, 0) is 0 Å². The molecule has 1 aliphatic rings. The van der Waals surface area contributed by atoms with Crippen LogP contribution in [0.5, 0.6) is 5.75 Å². The van der Waals surface area contributed by atoms with E-state index in [9.17, 15) is 4.79 Å². The summed E-state index contributed by atoms with van der Waals surface area (Å²) in [7, 11) is 0. The van der Waals surface area contributed by atoms with Crippen LogP contribution in [0.25, 0.3) is 0 Å². The van der Waals surface area contributed by atoms with Gasteiger partial charge in [-0.25, -0.2) is 0 Å². The van der Waals surface area contributed by atoms with Crippen molar-refractivity contribution in [2.75, 3.05) is 11.5 Å². The molecule has 2 aromatic carbocycles. The smallest absolute Gasteiger partial charge is 0.195 e. The number of nitrogens with two attached hydrogens (primary N) is 3. The van der Waals surface area contributed by atoms with E-state index < -0.39 is 0 Å². The van der Waals surface area contributed by atoms with E-state index in [-0.39, 0.29) is 5.78 Å². The van der Waals surface area contributed by atoms with E-state index in [1.165, 1.54) is 0 Å². The number of carbonyl (C=O) groups excluding carboxylic acids is 1. The summed E-state index contributed by atoms with van der Waals surface area (Å²) in [5.74, 6) is 1.16. The third-order valence-corrected chi connectivity index (χ3v) is 3.78. The molecule has 126 valence electrons. The van der Waals surface area contributed by atoms with E-state index >= 15 is 0 Å². The molecule has 0 aliphatic heterocycles. The number of ether oxygens (including phenoxy) is 1. The van der Waals surface area contributed by atoms with Crippen LogP contribution >= 0.6 is 0 Å². The van der Waals surface area contributed by atoms with Crippen molar-refractivity contribution in [3.63, 3.8) is 0 Å². The van der Waals surface area contributed by atoms with Gasteiger partial charge in [-0.15, -0.1) is 0 Å². The van der Waals surface area contributed by atoms with E-state index in [1.54, 1.807) is 42.5 Å². The summed E-state index contributed by atoms with van der Waals surface area (Å²) < 4.78 is 5.80. The zero-order valence-corrected chi connectivity index (χ0v) is 13.6. The first-order valence-corrected chi connectivity index (χ1v) is 7.83. The van der Waals surface area contributed by atoms with Crippen molar-refractivity contribution in [2.45, 2.75) is 6.42 Å². The largest absolute Gasteiger partial charge is 0.458 e. The van der Waals surface area contributed by atoms with Crippen LogP contribution in [0.1, 0.15) is 22.3 Å². The van der Waals surface area contributed by atoms with Crippen molar-refractivity contribution in [3.8, 4) is 5.75 Å². The van der Waals surface area contributed by atoms with Crippen LogP contribution in [-0.4, -0.2) is 5.78 Å². The van der Waals surface area contributed by atoms with Crippen molar-refractivity contribution in [1.82, 2.24) is 0 Å².